The molecular weight excluding hydrogens is 1310 g/mol. The summed E-state index contributed by atoms with van der Waals surface area (Å²) in [5.41, 5.74) is 0. The Labute approximate surface area is 613 Å². The van der Waals surface area contributed by atoms with Crippen LogP contribution >= 0.6 is 15.6 Å². The molecule has 0 heterocycles. The molecule has 0 saturated heterocycles. The van der Waals surface area contributed by atoms with Crippen molar-refractivity contribution in [3.8, 4) is 0 Å². The highest BCUT2D eigenvalue weighted by atomic mass is 31.2. The number of hydrogen-bond donors (Lipinski definition) is 3. The maximum atomic E-state index is 13.1. The van der Waals surface area contributed by atoms with E-state index >= 15 is 0 Å². The number of phosphoric ester groups is 2. The summed E-state index contributed by atoms with van der Waals surface area (Å²) in [4.78, 5) is 73.1. The molecule has 0 rings (SSSR count). The third kappa shape index (κ3) is 74.3. The normalized spacial score (nSPS) is 14.0. The first kappa shape index (κ1) is 98.1. The van der Waals surface area contributed by atoms with Gasteiger partial charge in [0.25, 0.3) is 0 Å². The summed E-state index contributed by atoms with van der Waals surface area (Å²) in [5.74, 6) is 0.237. The largest absolute Gasteiger partial charge is 0.472 e. The van der Waals surface area contributed by atoms with Crippen molar-refractivity contribution < 1.29 is 80.2 Å². The summed E-state index contributed by atoms with van der Waals surface area (Å²) in [7, 11) is -9.92. The van der Waals surface area contributed by atoms with Crippen molar-refractivity contribution in [1.82, 2.24) is 0 Å². The topological polar surface area (TPSA) is 237 Å². The van der Waals surface area contributed by atoms with Gasteiger partial charge < -0.3 is 33.8 Å². The van der Waals surface area contributed by atoms with E-state index in [-0.39, 0.29) is 25.7 Å². The van der Waals surface area contributed by atoms with Crippen LogP contribution in [0, 0.1) is 17.8 Å². The predicted molar refractivity (Wildman–Crippen MR) is 409 cm³/mol. The molecule has 0 aliphatic heterocycles. The van der Waals surface area contributed by atoms with Gasteiger partial charge in [0.15, 0.2) is 12.2 Å². The molecule has 0 aromatic heterocycles. The number of esters is 4. The molecule has 0 aliphatic carbocycles. The Morgan fingerprint density at radius 3 is 0.680 bits per heavy atom. The van der Waals surface area contributed by atoms with Crippen LogP contribution in [0.15, 0.2) is 0 Å². The highest BCUT2D eigenvalue weighted by molar-refractivity contribution is 7.47. The van der Waals surface area contributed by atoms with Crippen LogP contribution < -0.4 is 0 Å². The molecule has 19 heteroatoms. The second kappa shape index (κ2) is 71.3. The first-order valence-corrected chi connectivity index (χ1v) is 44.8. The van der Waals surface area contributed by atoms with Crippen LogP contribution in [0.25, 0.3) is 0 Å². The molecule has 0 bridgehead atoms. The van der Waals surface area contributed by atoms with Crippen molar-refractivity contribution in [2.24, 2.45) is 17.8 Å². The molecule has 17 nitrogen and oxygen atoms in total. The van der Waals surface area contributed by atoms with Crippen molar-refractivity contribution in [2.75, 3.05) is 39.6 Å². The van der Waals surface area contributed by atoms with Gasteiger partial charge in [0.2, 0.25) is 0 Å². The number of rotatable bonds is 79. The average molecular weight is 1470 g/mol. The number of ether oxygens (including phenoxy) is 4. The van der Waals surface area contributed by atoms with Gasteiger partial charge in [-0.1, -0.05) is 370 Å². The maximum Gasteiger partial charge on any atom is 0.472 e. The van der Waals surface area contributed by atoms with Crippen LogP contribution in [0.2, 0.25) is 0 Å². The smallest absolute Gasteiger partial charge is 0.462 e. The minimum Gasteiger partial charge on any atom is -0.462 e. The number of unbranched alkanes of at least 4 members (excludes halogenated alkanes) is 47. The summed E-state index contributed by atoms with van der Waals surface area (Å²) in [6.45, 7) is 12.0. The predicted octanol–water partition coefficient (Wildman–Crippen LogP) is 24.1. The number of carbonyl (C=O) groups is 4. The lowest BCUT2D eigenvalue weighted by atomic mass is 10.0. The quantitative estimate of drug-likeness (QED) is 0.0222. The molecule has 2 unspecified atom stereocenters. The van der Waals surface area contributed by atoms with Crippen molar-refractivity contribution in [3.63, 3.8) is 0 Å². The molecule has 100 heavy (non-hydrogen) atoms. The van der Waals surface area contributed by atoms with E-state index in [1.165, 1.54) is 231 Å². The zero-order valence-electron chi connectivity index (χ0n) is 65.7. The number of phosphoric acid groups is 2. The van der Waals surface area contributed by atoms with Crippen LogP contribution in [-0.4, -0.2) is 96.7 Å². The molecular formula is C81H158O17P2. The van der Waals surface area contributed by atoms with E-state index < -0.39 is 97.5 Å². The molecule has 0 spiro atoms. The van der Waals surface area contributed by atoms with E-state index in [9.17, 15) is 43.2 Å². The van der Waals surface area contributed by atoms with E-state index in [2.05, 4.69) is 48.5 Å². The van der Waals surface area contributed by atoms with E-state index in [1.807, 2.05) is 0 Å². The molecule has 0 radical (unpaired) electrons. The third-order valence-electron chi connectivity index (χ3n) is 18.9. The third-order valence-corrected chi connectivity index (χ3v) is 20.8. The van der Waals surface area contributed by atoms with Gasteiger partial charge >= 0.3 is 39.5 Å². The summed E-state index contributed by atoms with van der Waals surface area (Å²) >= 11 is 0. The van der Waals surface area contributed by atoms with Gasteiger partial charge in [-0.3, -0.25) is 37.3 Å². The Balaban J connectivity index is 5.26. The number of hydrogen-bond acceptors (Lipinski definition) is 15. The van der Waals surface area contributed by atoms with Gasteiger partial charge in [-0.25, -0.2) is 9.13 Å². The number of carbonyl (C=O) groups excluding carboxylic acids is 4. The lowest BCUT2D eigenvalue weighted by molar-refractivity contribution is -0.161. The SMILES string of the molecule is CCCCCCCCCCCCCCCC(=O)OC[C@H](COP(=O)(O)OC[C@H](O)COP(=O)(O)OC[C@@H](COC(=O)CCCCCCCCCCCCCC(C)C)OC(=O)CCCCCCCCCCCCCCCCCCC(C)C)OC(=O)CCCCCCCCCCCCCC(C)C. The fraction of sp³-hybridized carbons (Fsp3) is 0.951. The van der Waals surface area contributed by atoms with Crippen molar-refractivity contribution in [2.45, 2.75) is 439 Å². The zero-order valence-corrected chi connectivity index (χ0v) is 67.5. The first-order chi connectivity index (χ1) is 48.2. The average Bonchev–Trinajstić information content (AvgIpc) is 0.928. The summed E-state index contributed by atoms with van der Waals surface area (Å²) in [6, 6.07) is 0. The molecule has 0 amide bonds. The fourth-order valence-corrected chi connectivity index (χ4v) is 14.1. The van der Waals surface area contributed by atoms with E-state index in [0.717, 1.165) is 108 Å². The van der Waals surface area contributed by atoms with Gasteiger partial charge in [-0.05, 0) is 43.4 Å². The van der Waals surface area contributed by atoms with E-state index in [0.29, 0.717) is 25.7 Å². The van der Waals surface area contributed by atoms with Crippen molar-refractivity contribution in [3.05, 3.63) is 0 Å². The summed E-state index contributed by atoms with van der Waals surface area (Å²) in [5, 5.41) is 10.6. The Hall–Kier alpha value is -1.94. The molecule has 0 aliphatic rings. The maximum absolute atomic E-state index is 13.1. The van der Waals surface area contributed by atoms with Crippen LogP contribution in [0.3, 0.4) is 0 Å². The summed E-state index contributed by atoms with van der Waals surface area (Å²) in [6.07, 6.45) is 59.5. The Morgan fingerprint density at radius 2 is 0.460 bits per heavy atom. The minimum absolute atomic E-state index is 0.107. The van der Waals surface area contributed by atoms with Crippen LogP contribution in [0.5, 0.6) is 0 Å². The molecule has 0 aromatic rings. The van der Waals surface area contributed by atoms with Crippen LogP contribution in [0.1, 0.15) is 421 Å². The molecule has 594 valence electrons. The standard InChI is InChI=1S/C81H158O17P2/c1-8-9-10-11-12-13-14-19-27-34-41-48-55-62-78(83)91-68-77(98-81(86)65-58-51-44-37-30-23-26-33-40-47-54-61-74(6)7)71-96-100(89,90)94-67-75(82)66-93-99(87,88)95-70-76(69-92-79(84)63-56-49-42-35-29-22-25-32-39-46-53-60-73(4)5)97-80(85)64-57-50-43-36-28-21-18-16-15-17-20-24-31-38-45-52-59-72(2)3/h72-77,82H,8-71H2,1-7H3,(H,87,88)(H,89,90)/t75-,76-,77-/m1/s1. The van der Waals surface area contributed by atoms with E-state index in [4.69, 9.17) is 37.0 Å². The Kier molecular flexibility index (Phi) is 69.9. The lowest BCUT2D eigenvalue weighted by Crippen LogP contribution is -2.30. The van der Waals surface area contributed by atoms with Crippen molar-refractivity contribution in [1.29, 1.82) is 0 Å². The highest BCUT2D eigenvalue weighted by Crippen LogP contribution is 2.45. The van der Waals surface area contributed by atoms with Gasteiger partial charge in [-0.15, -0.1) is 0 Å². The molecule has 5 atom stereocenters. The van der Waals surface area contributed by atoms with Crippen molar-refractivity contribution >= 4 is 39.5 Å². The second-order valence-corrected chi connectivity index (χ2v) is 33.5. The Morgan fingerprint density at radius 1 is 0.270 bits per heavy atom. The molecule has 0 saturated carbocycles. The van der Waals surface area contributed by atoms with Gasteiger partial charge in [0.1, 0.15) is 19.3 Å². The fourth-order valence-electron chi connectivity index (χ4n) is 12.5. The van der Waals surface area contributed by atoms with Gasteiger partial charge in [0, 0.05) is 25.7 Å². The van der Waals surface area contributed by atoms with Crippen LogP contribution in [-0.2, 0) is 65.4 Å². The Bertz CT molecular complexity index is 1940. The first-order valence-electron chi connectivity index (χ1n) is 41.8. The highest BCUT2D eigenvalue weighted by Gasteiger charge is 2.30. The van der Waals surface area contributed by atoms with Gasteiger partial charge in [0.05, 0.1) is 26.4 Å². The molecule has 0 aromatic carbocycles. The molecule has 3 N–H and O–H groups in total. The monoisotopic (exact) mass is 1470 g/mol. The summed E-state index contributed by atoms with van der Waals surface area (Å²) < 4.78 is 68.8. The number of aliphatic hydroxyl groups is 1. The zero-order chi connectivity index (χ0) is 73.7. The van der Waals surface area contributed by atoms with E-state index in [1.54, 1.807) is 0 Å². The second-order valence-electron chi connectivity index (χ2n) is 30.6. The van der Waals surface area contributed by atoms with Gasteiger partial charge in [-0.2, -0.15) is 0 Å². The molecule has 0 fully saturated rings. The lowest BCUT2D eigenvalue weighted by Gasteiger charge is -2.21. The van der Waals surface area contributed by atoms with Crippen LogP contribution in [0.4, 0.5) is 0 Å². The number of aliphatic hydroxyl groups excluding tert-OH is 1. The minimum atomic E-state index is -4.96.